The van der Waals surface area contributed by atoms with Gasteiger partial charge >= 0.3 is 5.97 Å². The Morgan fingerprint density at radius 1 is 1.38 bits per heavy atom. The summed E-state index contributed by atoms with van der Waals surface area (Å²) in [6.45, 7) is 11.7. The van der Waals surface area contributed by atoms with E-state index in [4.69, 9.17) is 9.15 Å². The van der Waals surface area contributed by atoms with E-state index in [9.17, 15) is 13.2 Å². The average Bonchev–Trinajstić information content (AvgIpc) is 2.76. The third-order valence-corrected chi connectivity index (χ3v) is 11.2. The molecule has 120 valence electrons. The largest absolute Gasteiger partial charge is 0.462 e. The van der Waals surface area contributed by atoms with E-state index in [1.54, 1.807) is 6.92 Å². The first-order chi connectivity index (χ1) is 9.40. The molecule has 0 aromatic carbocycles. The summed E-state index contributed by atoms with van der Waals surface area (Å²) < 4.78 is 37.3. The molecule has 0 radical (unpaired) electrons. The van der Waals surface area contributed by atoms with E-state index in [-0.39, 0.29) is 22.3 Å². The minimum atomic E-state index is -3.79. The highest BCUT2D eigenvalue weighted by atomic mass is 32.2. The van der Waals surface area contributed by atoms with E-state index in [2.05, 4.69) is 4.39 Å². The first kappa shape index (κ1) is 17.9. The standard InChI is InChI=1S/C13H23NO5SSi/c1-7-18-12(15)10-8-11(19-9-10)20(16,17)14-21(5,6)13(2,3)4/h8-9,14H,7H2,1-6H3. The van der Waals surface area contributed by atoms with Crippen LogP contribution in [0.1, 0.15) is 38.1 Å². The van der Waals surface area contributed by atoms with Crippen LogP contribution in [0.15, 0.2) is 21.8 Å². The number of nitrogens with one attached hydrogen (secondary N) is 1. The average molecular weight is 333 g/mol. The normalized spacial score (nSPS) is 13.2. The SMILES string of the molecule is CCOC(=O)c1coc(S(=O)(=O)N[Si](C)(C)C(C)(C)C)c1. The smallest absolute Gasteiger partial charge is 0.341 e. The molecule has 21 heavy (non-hydrogen) atoms. The lowest BCUT2D eigenvalue weighted by Crippen LogP contribution is -2.54. The molecule has 0 saturated heterocycles. The molecule has 1 N–H and O–H groups in total. The Hall–Kier alpha value is -1.12. The molecule has 0 spiro atoms. The van der Waals surface area contributed by atoms with E-state index in [0.29, 0.717) is 0 Å². The van der Waals surface area contributed by atoms with E-state index in [0.717, 1.165) is 6.26 Å². The molecule has 1 aromatic rings. The summed E-state index contributed by atoms with van der Waals surface area (Å²) in [5, 5.41) is -0.424. The van der Waals surface area contributed by atoms with Crippen molar-refractivity contribution in [3.63, 3.8) is 0 Å². The van der Waals surface area contributed by atoms with Gasteiger partial charge in [0.25, 0.3) is 10.0 Å². The maximum absolute atomic E-state index is 12.4. The highest BCUT2D eigenvalue weighted by molar-refractivity contribution is 7.90. The molecule has 0 aliphatic rings. The lowest BCUT2D eigenvalue weighted by molar-refractivity contribution is 0.0525. The molecule has 6 nitrogen and oxygen atoms in total. The summed E-state index contributed by atoms with van der Waals surface area (Å²) in [6, 6.07) is 1.19. The topological polar surface area (TPSA) is 85.6 Å². The molecule has 0 atom stereocenters. The fourth-order valence-electron chi connectivity index (χ4n) is 1.32. The van der Waals surface area contributed by atoms with Crippen LogP contribution in [0, 0.1) is 0 Å². The Morgan fingerprint density at radius 2 is 1.95 bits per heavy atom. The van der Waals surface area contributed by atoms with Crippen LogP contribution < -0.4 is 4.39 Å². The molecule has 0 bridgehead atoms. The number of carbonyl (C=O) groups excluding carboxylic acids is 1. The third kappa shape index (κ3) is 4.18. The minimum Gasteiger partial charge on any atom is -0.462 e. The Kier molecular flexibility index (Phi) is 5.07. The van der Waals surface area contributed by atoms with E-state index < -0.39 is 24.2 Å². The van der Waals surface area contributed by atoms with Crippen molar-refractivity contribution < 1.29 is 22.4 Å². The van der Waals surface area contributed by atoms with Crippen LogP contribution in [0.25, 0.3) is 0 Å². The van der Waals surface area contributed by atoms with E-state index in [1.807, 2.05) is 33.9 Å². The molecule has 0 unspecified atom stereocenters. The van der Waals surface area contributed by atoms with Gasteiger partial charge in [0.1, 0.15) is 14.5 Å². The van der Waals surface area contributed by atoms with Crippen molar-refractivity contribution in [2.75, 3.05) is 6.61 Å². The second-order valence-electron chi connectivity index (χ2n) is 6.36. The van der Waals surface area contributed by atoms with Crippen molar-refractivity contribution in [3.8, 4) is 0 Å². The lowest BCUT2D eigenvalue weighted by Gasteiger charge is -2.36. The zero-order valence-corrected chi connectivity index (χ0v) is 15.1. The van der Waals surface area contributed by atoms with Crippen molar-refractivity contribution in [1.29, 1.82) is 0 Å². The molecule has 0 aliphatic heterocycles. The lowest BCUT2D eigenvalue weighted by atomic mass is 10.2. The van der Waals surface area contributed by atoms with Gasteiger partial charge in [0, 0.05) is 6.07 Å². The quantitative estimate of drug-likeness (QED) is 0.661. The Morgan fingerprint density at radius 3 is 2.43 bits per heavy atom. The van der Waals surface area contributed by atoms with Gasteiger partial charge in [-0.3, -0.25) is 0 Å². The maximum Gasteiger partial charge on any atom is 0.341 e. The van der Waals surface area contributed by atoms with Crippen LogP contribution in [0.5, 0.6) is 0 Å². The summed E-state index contributed by atoms with van der Waals surface area (Å²) in [6.07, 6.45) is 1.10. The van der Waals surface area contributed by atoms with Gasteiger partial charge in [-0.05, 0) is 12.0 Å². The van der Waals surface area contributed by atoms with E-state index in [1.165, 1.54) is 6.07 Å². The first-order valence-electron chi connectivity index (χ1n) is 6.70. The highest BCUT2D eigenvalue weighted by Crippen LogP contribution is 2.35. The van der Waals surface area contributed by atoms with Gasteiger partial charge in [-0.1, -0.05) is 33.9 Å². The van der Waals surface area contributed by atoms with Crippen molar-refractivity contribution >= 4 is 24.2 Å². The monoisotopic (exact) mass is 333 g/mol. The molecule has 0 saturated carbocycles. The van der Waals surface area contributed by atoms with Crippen molar-refractivity contribution in [3.05, 3.63) is 17.9 Å². The molecule has 1 heterocycles. The van der Waals surface area contributed by atoms with Crippen LogP contribution in [0.3, 0.4) is 0 Å². The van der Waals surface area contributed by atoms with Gasteiger partial charge in [-0.15, -0.1) is 0 Å². The molecular weight excluding hydrogens is 310 g/mol. The Balaban J connectivity index is 3.02. The van der Waals surface area contributed by atoms with E-state index >= 15 is 0 Å². The third-order valence-electron chi connectivity index (χ3n) is 3.62. The zero-order valence-electron chi connectivity index (χ0n) is 13.3. The maximum atomic E-state index is 12.4. The molecular formula is C13H23NO5SSi. The predicted octanol–water partition coefficient (Wildman–Crippen LogP) is 2.74. The van der Waals surface area contributed by atoms with Gasteiger partial charge in [0.05, 0.1) is 12.2 Å². The summed E-state index contributed by atoms with van der Waals surface area (Å²) in [5.41, 5.74) is 0.0902. The highest BCUT2D eigenvalue weighted by Gasteiger charge is 2.40. The molecule has 1 aromatic heterocycles. The number of sulfonamides is 1. The summed E-state index contributed by atoms with van der Waals surface area (Å²) >= 11 is 0. The zero-order chi connectivity index (χ0) is 16.5. The first-order valence-corrected chi connectivity index (χ1v) is 11.2. The summed E-state index contributed by atoms with van der Waals surface area (Å²) in [5.74, 6) is -0.602. The number of esters is 1. The minimum absolute atomic E-state index is 0.0902. The van der Waals surface area contributed by atoms with Crippen LogP contribution in [0.4, 0.5) is 0 Å². The van der Waals surface area contributed by atoms with Gasteiger partial charge in [-0.2, -0.15) is 0 Å². The predicted molar refractivity (Wildman–Crippen MR) is 82.2 cm³/mol. The summed E-state index contributed by atoms with van der Waals surface area (Å²) in [4.78, 5) is 11.5. The van der Waals surface area contributed by atoms with Crippen LogP contribution >= 0.6 is 0 Å². The number of ether oxygens (including phenoxy) is 1. The number of hydrogen-bond donors (Lipinski definition) is 1. The van der Waals surface area contributed by atoms with Gasteiger partial charge in [0.15, 0.2) is 0 Å². The Bertz CT molecular complexity index is 613. The summed E-state index contributed by atoms with van der Waals surface area (Å²) in [7, 11) is -6.06. The van der Waals surface area contributed by atoms with Crippen LogP contribution in [-0.2, 0) is 14.8 Å². The number of hydrogen-bond acceptors (Lipinski definition) is 5. The van der Waals surface area contributed by atoms with Crippen molar-refractivity contribution in [2.24, 2.45) is 0 Å². The number of rotatable bonds is 5. The van der Waals surface area contributed by atoms with Gasteiger partial charge in [0.2, 0.25) is 5.09 Å². The van der Waals surface area contributed by atoms with Crippen LogP contribution in [-0.4, -0.2) is 29.2 Å². The number of furan rings is 1. The second-order valence-corrected chi connectivity index (χ2v) is 13.3. The molecule has 8 heteroatoms. The number of carbonyl (C=O) groups is 1. The van der Waals surface area contributed by atoms with Crippen LogP contribution in [0.2, 0.25) is 18.1 Å². The van der Waals surface area contributed by atoms with Crippen molar-refractivity contribution in [2.45, 2.75) is 50.9 Å². The fraction of sp³-hybridized carbons (Fsp3) is 0.615. The van der Waals surface area contributed by atoms with Gasteiger partial charge in [-0.25, -0.2) is 17.6 Å². The molecule has 1 rings (SSSR count). The fourth-order valence-corrected chi connectivity index (χ4v) is 6.09. The molecule has 0 aliphatic carbocycles. The molecule has 0 amide bonds. The van der Waals surface area contributed by atoms with Crippen molar-refractivity contribution in [1.82, 2.24) is 4.39 Å². The van der Waals surface area contributed by atoms with Gasteiger partial charge < -0.3 is 9.15 Å². The Labute approximate surface area is 127 Å². The second kappa shape index (κ2) is 5.94. The molecule has 0 fully saturated rings.